The minimum Gasteiger partial charge on any atom is -0.493 e. The first-order valence-electron chi connectivity index (χ1n) is 5.04. The molecule has 1 aromatic carbocycles. The second kappa shape index (κ2) is 7.57. The third kappa shape index (κ3) is 4.36. The van der Waals surface area contributed by atoms with Crippen LogP contribution in [0.25, 0.3) is 0 Å². The van der Waals surface area contributed by atoms with Crippen molar-refractivity contribution in [2.24, 2.45) is 5.73 Å². The summed E-state index contributed by atoms with van der Waals surface area (Å²) in [4.78, 5) is 0. The molecule has 0 aliphatic rings. The number of nitrogens with two attached hydrogens (primary N) is 1. The first-order valence-corrected chi connectivity index (χ1v) is 5.04. The highest BCUT2D eigenvalue weighted by molar-refractivity contribution is 5.98. The van der Waals surface area contributed by atoms with E-state index in [0.29, 0.717) is 30.3 Å². The summed E-state index contributed by atoms with van der Waals surface area (Å²) in [5.74, 6) is 1.21. The van der Waals surface area contributed by atoms with Gasteiger partial charge < -0.3 is 15.2 Å². The van der Waals surface area contributed by atoms with Gasteiger partial charge in [0, 0.05) is 0 Å². The number of ether oxygens (including phenoxy) is 2. The predicted molar refractivity (Wildman–Crippen MR) is 71.6 cm³/mol. The molecule has 1 aromatic rings. The van der Waals surface area contributed by atoms with Crippen molar-refractivity contribution < 1.29 is 9.47 Å². The third-order valence-electron chi connectivity index (χ3n) is 1.91. The van der Waals surface area contributed by atoms with Crippen LogP contribution in [0, 0.1) is 5.41 Å². The molecule has 0 radical (unpaired) electrons. The predicted octanol–water partition coefficient (Wildman–Crippen LogP) is 2.36. The maximum atomic E-state index is 7.45. The number of nitrogen functional groups attached to an aromatic ring is 1. The zero-order chi connectivity index (χ0) is 12.0. The van der Waals surface area contributed by atoms with Crippen LogP contribution in [-0.4, -0.2) is 19.0 Å². The minimum absolute atomic E-state index is 0. The normalized spacial score (nSPS) is 9.00. The maximum absolute atomic E-state index is 7.45. The summed E-state index contributed by atoms with van der Waals surface area (Å²) in [6.45, 7) is 6.40. The Balaban J connectivity index is 0.00000256. The molecule has 0 spiro atoms. The molecule has 0 heterocycles. The Morgan fingerprint density at radius 1 is 1.47 bits per heavy atom. The maximum Gasteiger partial charge on any atom is 0.130 e. The van der Waals surface area contributed by atoms with Crippen LogP contribution >= 0.6 is 12.4 Å². The molecule has 3 N–H and O–H groups in total. The largest absolute Gasteiger partial charge is 0.493 e. The van der Waals surface area contributed by atoms with Crippen molar-refractivity contribution >= 4 is 18.2 Å². The highest BCUT2D eigenvalue weighted by atomic mass is 35.5. The zero-order valence-electron chi connectivity index (χ0n) is 9.73. The van der Waals surface area contributed by atoms with E-state index in [4.69, 9.17) is 20.6 Å². The van der Waals surface area contributed by atoms with E-state index >= 15 is 0 Å². The van der Waals surface area contributed by atoms with Gasteiger partial charge in [0.1, 0.15) is 23.9 Å². The topological polar surface area (TPSA) is 68.3 Å². The quantitative estimate of drug-likeness (QED) is 0.466. The second-order valence-electron chi connectivity index (χ2n) is 3.10. The van der Waals surface area contributed by atoms with Crippen molar-refractivity contribution in [3.05, 3.63) is 36.4 Å². The van der Waals surface area contributed by atoms with Crippen molar-refractivity contribution in [1.82, 2.24) is 0 Å². The SMILES string of the molecule is C=CCOc1ccc(OCC)c(C(=N)N)c1.Cl. The van der Waals surface area contributed by atoms with Crippen molar-refractivity contribution in [3.63, 3.8) is 0 Å². The molecule has 94 valence electrons. The second-order valence-corrected chi connectivity index (χ2v) is 3.10. The van der Waals surface area contributed by atoms with Gasteiger partial charge in [-0.25, -0.2) is 0 Å². The number of amidine groups is 1. The molecule has 4 nitrogen and oxygen atoms in total. The molecule has 5 heteroatoms. The van der Waals surface area contributed by atoms with Gasteiger partial charge in [-0.05, 0) is 25.1 Å². The van der Waals surface area contributed by atoms with Gasteiger partial charge in [-0.15, -0.1) is 12.4 Å². The Labute approximate surface area is 107 Å². The van der Waals surface area contributed by atoms with Gasteiger partial charge in [-0.2, -0.15) is 0 Å². The first kappa shape index (κ1) is 15.3. The lowest BCUT2D eigenvalue weighted by molar-refractivity contribution is 0.336. The molecule has 0 aliphatic carbocycles. The fraction of sp³-hybridized carbons (Fsp3) is 0.250. The fourth-order valence-electron chi connectivity index (χ4n) is 1.25. The molecular weight excluding hydrogens is 240 g/mol. The van der Waals surface area contributed by atoms with Gasteiger partial charge in [-0.3, -0.25) is 5.41 Å². The number of halogens is 1. The van der Waals surface area contributed by atoms with Gasteiger partial charge in [0.25, 0.3) is 0 Å². The average molecular weight is 257 g/mol. The van der Waals surface area contributed by atoms with E-state index in [1.54, 1.807) is 24.3 Å². The van der Waals surface area contributed by atoms with Crippen LogP contribution in [0.3, 0.4) is 0 Å². The fourth-order valence-corrected chi connectivity index (χ4v) is 1.25. The van der Waals surface area contributed by atoms with Crippen LogP contribution in [0.4, 0.5) is 0 Å². The van der Waals surface area contributed by atoms with Crippen molar-refractivity contribution in [3.8, 4) is 11.5 Å². The van der Waals surface area contributed by atoms with Crippen molar-refractivity contribution in [2.75, 3.05) is 13.2 Å². The minimum atomic E-state index is -0.0347. The Morgan fingerprint density at radius 2 is 2.18 bits per heavy atom. The summed E-state index contributed by atoms with van der Waals surface area (Å²) in [6.07, 6.45) is 1.66. The third-order valence-corrected chi connectivity index (χ3v) is 1.91. The average Bonchev–Trinajstić information content (AvgIpc) is 2.27. The molecule has 0 aliphatic heterocycles. The van der Waals surface area contributed by atoms with Gasteiger partial charge in [0.2, 0.25) is 0 Å². The van der Waals surface area contributed by atoms with Gasteiger partial charge in [0.05, 0.1) is 12.2 Å². The number of hydrogen-bond acceptors (Lipinski definition) is 3. The molecule has 0 unspecified atom stereocenters. The van der Waals surface area contributed by atoms with Crippen LogP contribution in [-0.2, 0) is 0 Å². The lowest BCUT2D eigenvalue weighted by atomic mass is 10.1. The molecule has 17 heavy (non-hydrogen) atoms. The molecule has 1 rings (SSSR count). The lowest BCUT2D eigenvalue weighted by Crippen LogP contribution is -2.13. The van der Waals surface area contributed by atoms with Gasteiger partial charge in [-0.1, -0.05) is 12.7 Å². The van der Waals surface area contributed by atoms with Crippen molar-refractivity contribution in [2.45, 2.75) is 6.92 Å². The number of hydrogen-bond donors (Lipinski definition) is 2. The van der Waals surface area contributed by atoms with Crippen LogP contribution < -0.4 is 15.2 Å². The van der Waals surface area contributed by atoms with E-state index in [1.165, 1.54) is 0 Å². The number of benzene rings is 1. The monoisotopic (exact) mass is 256 g/mol. The molecule has 0 saturated heterocycles. The number of nitrogens with one attached hydrogen (secondary N) is 1. The molecule has 0 aromatic heterocycles. The Hall–Kier alpha value is -1.68. The molecule has 0 saturated carbocycles. The first-order chi connectivity index (χ1) is 7.69. The molecule has 0 bridgehead atoms. The molecule has 0 amide bonds. The summed E-state index contributed by atoms with van der Waals surface area (Å²) < 4.78 is 10.7. The van der Waals surface area contributed by atoms with Crippen LogP contribution in [0.2, 0.25) is 0 Å². The van der Waals surface area contributed by atoms with E-state index in [1.807, 2.05) is 6.92 Å². The summed E-state index contributed by atoms with van der Waals surface area (Å²) in [5.41, 5.74) is 6.01. The summed E-state index contributed by atoms with van der Waals surface area (Å²) in [6, 6.07) is 5.22. The van der Waals surface area contributed by atoms with Gasteiger partial charge >= 0.3 is 0 Å². The Bertz CT molecular complexity index is 394. The molecule has 0 atom stereocenters. The molecule has 0 fully saturated rings. The van der Waals surface area contributed by atoms with Crippen LogP contribution in [0.1, 0.15) is 12.5 Å². The van der Waals surface area contributed by atoms with E-state index in [0.717, 1.165) is 0 Å². The van der Waals surface area contributed by atoms with E-state index in [2.05, 4.69) is 6.58 Å². The Kier molecular flexibility index (Phi) is 6.82. The zero-order valence-corrected chi connectivity index (χ0v) is 10.5. The smallest absolute Gasteiger partial charge is 0.130 e. The summed E-state index contributed by atoms with van der Waals surface area (Å²) in [5, 5.41) is 7.45. The van der Waals surface area contributed by atoms with Crippen LogP contribution in [0.15, 0.2) is 30.9 Å². The van der Waals surface area contributed by atoms with E-state index in [-0.39, 0.29) is 18.2 Å². The van der Waals surface area contributed by atoms with E-state index in [9.17, 15) is 0 Å². The number of rotatable bonds is 6. The van der Waals surface area contributed by atoms with Crippen molar-refractivity contribution in [1.29, 1.82) is 5.41 Å². The summed E-state index contributed by atoms with van der Waals surface area (Å²) >= 11 is 0. The van der Waals surface area contributed by atoms with Crippen LogP contribution in [0.5, 0.6) is 11.5 Å². The standard InChI is InChI=1S/C12H16N2O2.ClH/c1-3-7-16-9-5-6-11(15-4-2)10(8-9)12(13)14;/h3,5-6,8H,1,4,7H2,2H3,(H3,13,14);1H. The van der Waals surface area contributed by atoms with E-state index < -0.39 is 0 Å². The van der Waals surface area contributed by atoms with Gasteiger partial charge in [0.15, 0.2) is 0 Å². The highest BCUT2D eigenvalue weighted by Gasteiger charge is 2.08. The molecular formula is C12H17ClN2O2. The highest BCUT2D eigenvalue weighted by Crippen LogP contribution is 2.23. The summed E-state index contributed by atoms with van der Waals surface area (Å²) in [7, 11) is 0. The Morgan fingerprint density at radius 3 is 2.71 bits per heavy atom. The lowest BCUT2D eigenvalue weighted by Gasteiger charge is -2.11.